The molecule has 0 spiro atoms. The highest BCUT2D eigenvalue weighted by molar-refractivity contribution is 5.25. The van der Waals surface area contributed by atoms with Crippen molar-refractivity contribution < 1.29 is 4.74 Å². The van der Waals surface area contributed by atoms with Crippen LogP contribution in [0.15, 0.2) is 48.5 Å². The first-order chi connectivity index (χ1) is 14.1. The third-order valence-electron chi connectivity index (χ3n) is 6.27. The van der Waals surface area contributed by atoms with Crippen molar-refractivity contribution in [3.05, 3.63) is 70.8 Å². The Morgan fingerprint density at radius 2 is 0.966 bits per heavy atom. The first-order valence-electron chi connectivity index (χ1n) is 11.8. The molecule has 0 saturated heterocycles. The molecule has 0 aliphatic carbocycles. The summed E-state index contributed by atoms with van der Waals surface area (Å²) < 4.78 is 5.91. The molecular formula is C28H42O. The molecule has 0 N–H and O–H groups in total. The molecule has 0 radical (unpaired) electrons. The molecule has 0 aliphatic rings. The Labute approximate surface area is 179 Å². The smallest absolute Gasteiger partial charge is 0.0466 e. The maximum atomic E-state index is 5.91. The van der Waals surface area contributed by atoms with Gasteiger partial charge >= 0.3 is 0 Å². The lowest BCUT2D eigenvalue weighted by Crippen LogP contribution is -2.02. The summed E-state index contributed by atoms with van der Waals surface area (Å²) in [6.07, 6.45) is 9.89. The van der Waals surface area contributed by atoms with E-state index >= 15 is 0 Å². The monoisotopic (exact) mass is 394 g/mol. The zero-order chi connectivity index (χ0) is 20.9. The number of benzene rings is 2. The van der Waals surface area contributed by atoms with E-state index in [0.717, 1.165) is 13.2 Å². The number of hydrogen-bond acceptors (Lipinski definition) is 1. The van der Waals surface area contributed by atoms with Gasteiger partial charge in [-0.2, -0.15) is 0 Å². The van der Waals surface area contributed by atoms with Crippen LogP contribution in [0.1, 0.15) is 99.3 Å². The lowest BCUT2D eigenvalue weighted by molar-refractivity contribution is 0.125. The predicted molar refractivity (Wildman–Crippen MR) is 127 cm³/mol. The minimum absolute atomic E-state index is 0.698. The molecule has 0 amide bonds. The fourth-order valence-electron chi connectivity index (χ4n) is 4.18. The number of hydrogen-bond donors (Lipinski definition) is 0. The van der Waals surface area contributed by atoms with Gasteiger partial charge in [0, 0.05) is 13.2 Å². The molecule has 2 unspecified atom stereocenters. The van der Waals surface area contributed by atoms with Crippen LogP contribution >= 0.6 is 0 Å². The highest BCUT2D eigenvalue weighted by Crippen LogP contribution is 2.26. The van der Waals surface area contributed by atoms with E-state index in [4.69, 9.17) is 4.74 Å². The first kappa shape index (κ1) is 23.7. The van der Waals surface area contributed by atoms with Gasteiger partial charge in [0.05, 0.1) is 0 Å². The molecule has 2 aromatic rings. The third-order valence-corrected chi connectivity index (χ3v) is 6.27. The Morgan fingerprint density at radius 3 is 1.31 bits per heavy atom. The standard InChI is InChI=1S/C28H42O/c1-5-25(27-17-13-23(3)14-18-27)11-7-9-21-29-22-10-8-12-26(6-2)28-19-15-24(4)16-20-28/h13-20,25-26H,5-12,21-22H2,1-4H3. The fourth-order valence-corrected chi connectivity index (χ4v) is 4.18. The summed E-state index contributed by atoms with van der Waals surface area (Å²) in [5, 5.41) is 0. The van der Waals surface area contributed by atoms with Gasteiger partial charge in [-0.05, 0) is 75.3 Å². The second-order valence-corrected chi connectivity index (χ2v) is 8.64. The van der Waals surface area contributed by atoms with Gasteiger partial charge in [0.25, 0.3) is 0 Å². The van der Waals surface area contributed by atoms with Crippen LogP contribution < -0.4 is 0 Å². The highest BCUT2D eigenvalue weighted by atomic mass is 16.5. The Kier molecular flexibility index (Phi) is 11.1. The van der Waals surface area contributed by atoms with Crippen molar-refractivity contribution in [2.75, 3.05) is 13.2 Å². The predicted octanol–water partition coefficient (Wildman–Crippen LogP) is 8.35. The lowest BCUT2D eigenvalue weighted by atomic mass is 9.91. The first-order valence-corrected chi connectivity index (χ1v) is 11.8. The molecule has 0 aromatic heterocycles. The molecule has 0 fully saturated rings. The van der Waals surface area contributed by atoms with Gasteiger partial charge in [-0.3, -0.25) is 0 Å². The number of unbranched alkanes of at least 4 members (excludes halogenated alkanes) is 2. The molecule has 0 aliphatic heterocycles. The highest BCUT2D eigenvalue weighted by Gasteiger charge is 2.10. The Bertz CT molecular complexity index is 596. The van der Waals surface area contributed by atoms with E-state index < -0.39 is 0 Å². The maximum absolute atomic E-state index is 5.91. The van der Waals surface area contributed by atoms with Crippen molar-refractivity contribution in [2.24, 2.45) is 0 Å². The quantitative estimate of drug-likeness (QED) is 0.292. The normalized spacial score (nSPS) is 13.4. The van der Waals surface area contributed by atoms with Crippen LogP contribution in [0.25, 0.3) is 0 Å². The summed E-state index contributed by atoms with van der Waals surface area (Å²) >= 11 is 0. The van der Waals surface area contributed by atoms with E-state index in [1.54, 1.807) is 0 Å². The van der Waals surface area contributed by atoms with Crippen molar-refractivity contribution in [1.29, 1.82) is 0 Å². The van der Waals surface area contributed by atoms with Crippen molar-refractivity contribution in [3.8, 4) is 0 Å². The number of ether oxygens (including phenoxy) is 1. The van der Waals surface area contributed by atoms with Crippen LogP contribution in [0, 0.1) is 13.8 Å². The van der Waals surface area contributed by atoms with Gasteiger partial charge in [0.1, 0.15) is 0 Å². The molecule has 29 heavy (non-hydrogen) atoms. The van der Waals surface area contributed by atoms with Gasteiger partial charge in [-0.15, -0.1) is 0 Å². The average molecular weight is 395 g/mol. The number of aryl methyl sites for hydroxylation is 2. The molecule has 160 valence electrons. The Balaban J connectivity index is 1.53. The van der Waals surface area contributed by atoms with E-state index in [2.05, 4.69) is 76.2 Å². The SMILES string of the molecule is CCC(CCCCOCCCCC(CC)c1ccc(C)cc1)c1ccc(C)cc1. The van der Waals surface area contributed by atoms with E-state index in [-0.39, 0.29) is 0 Å². The summed E-state index contributed by atoms with van der Waals surface area (Å²) in [7, 11) is 0. The van der Waals surface area contributed by atoms with E-state index in [1.165, 1.54) is 73.6 Å². The van der Waals surface area contributed by atoms with Crippen molar-refractivity contribution >= 4 is 0 Å². The summed E-state index contributed by atoms with van der Waals surface area (Å²) in [6, 6.07) is 18.2. The van der Waals surface area contributed by atoms with Crippen LogP contribution in [0.2, 0.25) is 0 Å². The van der Waals surface area contributed by atoms with Gasteiger partial charge in [-0.25, -0.2) is 0 Å². The summed E-state index contributed by atoms with van der Waals surface area (Å²) in [5.41, 5.74) is 5.69. The third kappa shape index (κ3) is 8.74. The summed E-state index contributed by atoms with van der Waals surface area (Å²) in [5.74, 6) is 1.40. The van der Waals surface area contributed by atoms with Crippen molar-refractivity contribution in [3.63, 3.8) is 0 Å². The second kappa shape index (κ2) is 13.6. The van der Waals surface area contributed by atoms with E-state index in [1.807, 2.05) is 0 Å². The molecule has 2 aromatic carbocycles. The van der Waals surface area contributed by atoms with Gasteiger partial charge in [-0.1, -0.05) is 86.3 Å². The topological polar surface area (TPSA) is 9.23 Å². The van der Waals surface area contributed by atoms with E-state index in [9.17, 15) is 0 Å². The fraction of sp³-hybridized carbons (Fsp3) is 0.571. The minimum atomic E-state index is 0.698. The molecular weight excluding hydrogens is 352 g/mol. The molecule has 2 rings (SSSR count). The van der Waals surface area contributed by atoms with E-state index in [0.29, 0.717) is 11.8 Å². The molecule has 2 atom stereocenters. The maximum Gasteiger partial charge on any atom is 0.0466 e. The zero-order valence-corrected chi connectivity index (χ0v) is 19.3. The average Bonchev–Trinajstić information content (AvgIpc) is 2.74. The molecule has 0 heterocycles. The van der Waals surface area contributed by atoms with Crippen LogP contribution in [-0.4, -0.2) is 13.2 Å². The number of rotatable bonds is 14. The van der Waals surface area contributed by atoms with Gasteiger partial charge in [0.15, 0.2) is 0 Å². The molecule has 1 heteroatoms. The Hall–Kier alpha value is -1.60. The minimum Gasteiger partial charge on any atom is -0.381 e. The van der Waals surface area contributed by atoms with Gasteiger partial charge < -0.3 is 4.74 Å². The summed E-state index contributed by atoms with van der Waals surface area (Å²) in [6.45, 7) is 10.8. The zero-order valence-electron chi connectivity index (χ0n) is 19.3. The Morgan fingerprint density at radius 1 is 0.586 bits per heavy atom. The van der Waals surface area contributed by atoms with Crippen molar-refractivity contribution in [2.45, 2.75) is 90.9 Å². The van der Waals surface area contributed by atoms with Crippen molar-refractivity contribution in [1.82, 2.24) is 0 Å². The lowest BCUT2D eigenvalue weighted by Gasteiger charge is -2.16. The largest absolute Gasteiger partial charge is 0.381 e. The van der Waals surface area contributed by atoms with Gasteiger partial charge in [0.2, 0.25) is 0 Å². The van der Waals surface area contributed by atoms with Crippen LogP contribution in [0.5, 0.6) is 0 Å². The second-order valence-electron chi connectivity index (χ2n) is 8.64. The molecule has 0 saturated carbocycles. The van der Waals surface area contributed by atoms with Crippen LogP contribution in [-0.2, 0) is 4.74 Å². The molecule has 0 bridgehead atoms. The van der Waals surface area contributed by atoms with Crippen LogP contribution in [0.4, 0.5) is 0 Å². The van der Waals surface area contributed by atoms with Crippen LogP contribution in [0.3, 0.4) is 0 Å². The summed E-state index contributed by atoms with van der Waals surface area (Å²) in [4.78, 5) is 0. The molecule has 1 nitrogen and oxygen atoms in total.